The molecule has 2 aromatic carbocycles. The minimum absolute atomic E-state index is 0.0456. The number of likely N-dealkylation sites (tertiary alicyclic amines) is 1. The number of amides is 1. The minimum atomic E-state index is -0.590. The van der Waals surface area contributed by atoms with Gasteiger partial charge in [-0.15, -0.1) is 0 Å². The van der Waals surface area contributed by atoms with Crippen LogP contribution in [0.4, 0.5) is 0 Å². The summed E-state index contributed by atoms with van der Waals surface area (Å²) in [5, 5.41) is 10.9. The van der Waals surface area contributed by atoms with E-state index in [-0.39, 0.29) is 5.91 Å². The Bertz CT molecular complexity index is 1070. The van der Waals surface area contributed by atoms with E-state index in [2.05, 4.69) is 60.0 Å². The lowest BCUT2D eigenvalue weighted by atomic mass is 9.74. The van der Waals surface area contributed by atoms with Crippen LogP contribution in [0.1, 0.15) is 66.6 Å². The van der Waals surface area contributed by atoms with E-state index in [0.29, 0.717) is 43.0 Å². The van der Waals surface area contributed by atoms with Crippen LogP contribution in [0.3, 0.4) is 0 Å². The average Bonchev–Trinajstić information content (AvgIpc) is 3.07. The van der Waals surface area contributed by atoms with E-state index < -0.39 is 6.10 Å². The quantitative estimate of drug-likeness (QED) is 0.578. The molecule has 1 fully saturated rings. The van der Waals surface area contributed by atoms with Crippen molar-refractivity contribution in [3.8, 4) is 5.75 Å². The number of aliphatic hydroxyl groups is 1. The van der Waals surface area contributed by atoms with Gasteiger partial charge >= 0.3 is 0 Å². The molecule has 1 saturated heterocycles. The van der Waals surface area contributed by atoms with E-state index >= 15 is 0 Å². The minimum Gasteiger partial charge on any atom is -0.491 e. The van der Waals surface area contributed by atoms with Gasteiger partial charge < -0.3 is 14.7 Å². The molecule has 1 atom stereocenters. The maximum Gasteiger partial charge on any atom is 0.257 e. The smallest absolute Gasteiger partial charge is 0.257 e. The molecule has 0 aromatic heterocycles. The summed E-state index contributed by atoms with van der Waals surface area (Å²) in [4.78, 5) is 20.0. The number of carbonyl (C=O) groups is 1. The molecule has 37 heavy (non-hydrogen) atoms. The SMILES string of the molecule is CCC1(CC)CCN(Cc2ccc3c(c2)OCCN(CC(O)CN2CCc4ccccc4C2)C3=O)CC1. The van der Waals surface area contributed by atoms with Crippen molar-refractivity contribution in [3.63, 3.8) is 0 Å². The summed E-state index contributed by atoms with van der Waals surface area (Å²) in [6.45, 7) is 11.4. The lowest BCUT2D eigenvalue weighted by molar-refractivity contribution is 0.0501. The van der Waals surface area contributed by atoms with Crippen LogP contribution in [0.5, 0.6) is 5.75 Å². The van der Waals surface area contributed by atoms with E-state index in [1.807, 2.05) is 6.07 Å². The zero-order chi connectivity index (χ0) is 25.8. The highest BCUT2D eigenvalue weighted by Gasteiger charge is 2.31. The van der Waals surface area contributed by atoms with Crippen molar-refractivity contribution in [3.05, 3.63) is 64.7 Å². The Hall–Kier alpha value is -2.41. The number of nitrogens with zero attached hydrogens (tertiary/aromatic N) is 3. The third-order valence-corrected chi connectivity index (χ3v) is 9.12. The van der Waals surface area contributed by atoms with Crippen molar-refractivity contribution >= 4 is 5.91 Å². The van der Waals surface area contributed by atoms with Crippen LogP contribution >= 0.6 is 0 Å². The normalized spacial score (nSPS) is 21.1. The second-order valence-corrected chi connectivity index (χ2v) is 11.3. The Labute approximate surface area is 222 Å². The molecule has 6 nitrogen and oxygen atoms in total. The molecule has 0 saturated carbocycles. The fourth-order valence-corrected chi connectivity index (χ4v) is 6.39. The van der Waals surface area contributed by atoms with Crippen LogP contribution in [0.25, 0.3) is 0 Å². The number of fused-ring (bicyclic) bond motifs is 2. The zero-order valence-corrected chi connectivity index (χ0v) is 22.6. The molecule has 6 heteroatoms. The number of rotatable bonds is 8. The maximum atomic E-state index is 13.4. The highest BCUT2D eigenvalue weighted by molar-refractivity contribution is 5.97. The molecular weight excluding hydrogens is 462 g/mol. The first-order valence-electron chi connectivity index (χ1n) is 14.2. The number of ether oxygens (including phenoxy) is 1. The number of β-amino-alcohol motifs (C(OH)–C–C–N with tert-alkyl or cyclic N) is 1. The van der Waals surface area contributed by atoms with Crippen molar-refractivity contribution in [2.24, 2.45) is 5.41 Å². The zero-order valence-electron chi connectivity index (χ0n) is 22.6. The molecule has 3 heterocycles. The standard InChI is InChI=1S/C31H43N3O3/c1-3-31(4-2)12-15-32(16-13-31)20-24-9-10-28-29(19-24)37-18-17-34(30(28)36)23-27(35)22-33-14-11-25-7-5-6-8-26(25)21-33/h5-10,19,27,35H,3-4,11-18,20-23H2,1-2H3. The molecule has 1 amide bonds. The maximum absolute atomic E-state index is 13.4. The van der Waals surface area contributed by atoms with Gasteiger partial charge in [0, 0.05) is 32.7 Å². The first kappa shape index (κ1) is 26.2. The molecule has 1 unspecified atom stereocenters. The van der Waals surface area contributed by atoms with Crippen molar-refractivity contribution in [1.29, 1.82) is 0 Å². The molecule has 0 radical (unpaired) electrons. The summed E-state index contributed by atoms with van der Waals surface area (Å²) in [6.07, 6.45) is 5.48. The summed E-state index contributed by atoms with van der Waals surface area (Å²) in [5.74, 6) is 0.635. The highest BCUT2D eigenvalue weighted by Crippen LogP contribution is 2.38. The van der Waals surface area contributed by atoms with Crippen molar-refractivity contribution in [2.45, 2.75) is 65.1 Å². The fraction of sp³-hybridized carbons (Fsp3) is 0.581. The van der Waals surface area contributed by atoms with Gasteiger partial charge in [0.2, 0.25) is 0 Å². The molecule has 0 bridgehead atoms. The van der Waals surface area contributed by atoms with Gasteiger partial charge in [-0.2, -0.15) is 0 Å². The largest absolute Gasteiger partial charge is 0.491 e. The van der Waals surface area contributed by atoms with Gasteiger partial charge in [-0.3, -0.25) is 14.6 Å². The van der Waals surface area contributed by atoms with Gasteiger partial charge in [0.1, 0.15) is 12.4 Å². The number of carbonyl (C=O) groups excluding carboxylic acids is 1. The monoisotopic (exact) mass is 505 g/mol. The average molecular weight is 506 g/mol. The van der Waals surface area contributed by atoms with Crippen LogP contribution in [0.15, 0.2) is 42.5 Å². The van der Waals surface area contributed by atoms with E-state index in [1.165, 1.54) is 42.4 Å². The number of hydrogen-bond acceptors (Lipinski definition) is 5. The second kappa shape index (κ2) is 11.5. The summed E-state index contributed by atoms with van der Waals surface area (Å²) in [5.41, 5.74) is 5.07. The lowest BCUT2D eigenvalue weighted by Gasteiger charge is -2.41. The Morgan fingerprint density at radius 3 is 2.46 bits per heavy atom. The molecule has 3 aliphatic heterocycles. The Balaban J connectivity index is 1.17. The van der Waals surface area contributed by atoms with Gasteiger partial charge in [-0.05, 0) is 66.6 Å². The van der Waals surface area contributed by atoms with E-state index in [9.17, 15) is 9.90 Å². The predicted molar refractivity (Wildman–Crippen MR) is 147 cm³/mol. The summed E-state index contributed by atoms with van der Waals surface area (Å²) >= 11 is 0. The van der Waals surface area contributed by atoms with Gasteiger partial charge in [0.25, 0.3) is 5.91 Å². The molecule has 1 N–H and O–H groups in total. The summed E-state index contributed by atoms with van der Waals surface area (Å²) in [6, 6.07) is 14.6. The van der Waals surface area contributed by atoms with E-state index in [0.717, 1.165) is 39.1 Å². The van der Waals surface area contributed by atoms with Gasteiger partial charge in [0.05, 0.1) is 18.2 Å². The molecule has 0 aliphatic carbocycles. The predicted octanol–water partition coefficient (Wildman–Crippen LogP) is 4.34. The van der Waals surface area contributed by atoms with Crippen molar-refractivity contribution < 1.29 is 14.6 Å². The summed E-state index contributed by atoms with van der Waals surface area (Å²) < 4.78 is 6.04. The molecular formula is C31H43N3O3. The van der Waals surface area contributed by atoms with Crippen LogP contribution in [0, 0.1) is 5.41 Å². The van der Waals surface area contributed by atoms with E-state index in [4.69, 9.17) is 4.74 Å². The molecule has 0 spiro atoms. The highest BCUT2D eigenvalue weighted by atomic mass is 16.5. The number of piperidine rings is 1. The molecule has 3 aliphatic rings. The first-order chi connectivity index (χ1) is 18.0. The van der Waals surface area contributed by atoms with Gasteiger partial charge in [-0.1, -0.05) is 57.0 Å². The fourth-order valence-electron chi connectivity index (χ4n) is 6.39. The van der Waals surface area contributed by atoms with Gasteiger partial charge in [-0.25, -0.2) is 0 Å². The number of aliphatic hydroxyl groups excluding tert-OH is 1. The first-order valence-corrected chi connectivity index (χ1v) is 14.2. The summed E-state index contributed by atoms with van der Waals surface area (Å²) in [7, 11) is 0. The topological polar surface area (TPSA) is 56.2 Å². The Morgan fingerprint density at radius 2 is 1.70 bits per heavy atom. The molecule has 5 rings (SSSR count). The lowest BCUT2D eigenvalue weighted by Crippen LogP contribution is -2.44. The van der Waals surface area contributed by atoms with Gasteiger partial charge in [0.15, 0.2) is 0 Å². The Kier molecular flexibility index (Phi) is 8.18. The Morgan fingerprint density at radius 1 is 0.946 bits per heavy atom. The van der Waals surface area contributed by atoms with Crippen LogP contribution in [-0.2, 0) is 19.5 Å². The van der Waals surface area contributed by atoms with Crippen LogP contribution < -0.4 is 4.74 Å². The third kappa shape index (κ3) is 6.02. The van der Waals surface area contributed by atoms with Crippen LogP contribution in [-0.4, -0.2) is 77.7 Å². The van der Waals surface area contributed by atoms with E-state index in [1.54, 1.807) is 4.90 Å². The second-order valence-electron chi connectivity index (χ2n) is 11.3. The third-order valence-electron chi connectivity index (χ3n) is 9.12. The molecule has 2 aromatic rings. The number of hydrogen-bond donors (Lipinski definition) is 1. The number of benzene rings is 2. The van der Waals surface area contributed by atoms with Crippen LogP contribution in [0.2, 0.25) is 0 Å². The van der Waals surface area contributed by atoms with Crippen molar-refractivity contribution in [2.75, 3.05) is 45.9 Å². The molecule has 200 valence electrons. The van der Waals surface area contributed by atoms with Crippen molar-refractivity contribution in [1.82, 2.24) is 14.7 Å².